The van der Waals surface area contributed by atoms with Crippen LogP contribution in [0.5, 0.6) is 11.5 Å². The minimum absolute atomic E-state index is 0.0752. The normalized spacial score (nSPS) is 14.6. The van der Waals surface area contributed by atoms with Gasteiger partial charge in [0.25, 0.3) is 0 Å². The van der Waals surface area contributed by atoms with Crippen molar-refractivity contribution in [3.63, 3.8) is 0 Å². The monoisotopic (exact) mass is 376 g/mol. The van der Waals surface area contributed by atoms with Crippen molar-refractivity contribution in [3.05, 3.63) is 23.9 Å². The lowest BCUT2D eigenvalue weighted by molar-refractivity contribution is -0.0578. The van der Waals surface area contributed by atoms with E-state index in [2.05, 4.69) is 9.38 Å². The van der Waals surface area contributed by atoms with Gasteiger partial charge in [-0.2, -0.15) is 17.6 Å². The van der Waals surface area contributed by atoms with Crippen LogP contribution in [0.3, 0.4) is 0 Å². The number of aromatic amines is 1. The Labute approximate surface area is 145 Å². The summed E-state index contributed by atoms with van der Waals surface area (Å²) in [6, 6.07) is 2.94. The molecular weight excluding hydrogens is 357 g/mol. The number of methoxy groups -OCH3 is 2. The lowest BCUT2D eigenvalue weighted by Crippen LogP contribution is -2.29. The standard InChI is InChI=1S/C16H19F3N2O3S/c1-15(2,3)25(22)21-14(16(17,18)19)12-11(24-5)8-10(23-4)9-6-7-20-13(9)12/h6-8,20H,1-5H3/b21-14-. The number of H-pyrrole nitrogens is 1. The summed E-state index contributed by atoms with van der Waals surface area (Å²) in [5.74, 6) is 0.282. The van der Waals surface area contributed by atoms with Crippen molar-refractivity contribution in [1.82, 2.24) is 4.98 Å². The van der Waals surface area contributed by atoms with E-state index in [1.165, 1.54) is 26.5 Å². The molecule has 1 heterocycles. The third-order valence-electron chi connectivity index (χ3n) is 3.41. The average Bonchev–Trinajstić information content (AvgIpc) is 2.98. The van der Waals surface area contributed by atoms with Crippen LogP contribution in [-0.2, 0) is 11.0 Å². The summed E-state index contributed by atoms with van der Waals surface area (Å²) in [6.07, 6.45) is -3.33. The van der Waals surface area contributed by atoms with Crippen LogP contribution in [0.25, 0.3) is 10.9 Å². The van der Waals surface area contributed by atoms with E-state index in [-0.39, 0.29) is 16.8 Å². The number of hydrogen-bond donors (Lipinski definition) is 1. The zero-order valence-corrected chi connectivity index (χ0v) is 15.3. The van der Waals surface area contributed by atoms with Gasteiger partial charge in [0, 0.05) is 17.6 Å². The molecule has 0 radical (unpaired) electrons. The van der Waals surface area contributed by atoms with Crippen LogP contribution in [0.1, 0.15) is 26.3 Å². The zero-order valence-electron chi connectivity index (χ0n) is 14.4. The number of halogens is 3. The van der Waals surface area contributed by atoms with Crippen LogP contribution in [0.2, 0.25) is 0 Å². The van der Waals surface area contributed by atoms with Gasteiger partial charge in [-0.05, 0) is 26.8 Å². The molecular formula is C16H19F3N2O3S. The van der Waals surface area contributed by atoms with E-state index in [1.807, 2.05) is 0 Å². The molecule has 25 heavy (non-hydrogen) atoms. The molecule has 0 bridgehead atoms. The summed E-state index contributed by atoms with van der Waals surface area (Å²) < 4.78 is 66.3. The van der Waals surface area contributed by atoms with E-state index in [0.29, 0.717) is 11.1 Å². The quantitative estimate of drug-likeness (QED) is 0.821. The highest BCUT2D eigenvalue weighted by Crippen LogP contribution is 2.39. The van der Waals surface area contributed by atoms with Crippen molar-refractivity contribution >= 4 is 27.6 Å². The second kappa shape index (κ2) is 6.70. The molecule has 0 fully saturated rings. The second-order valence-corrected chi connectivity index (χ2v) is 8.13. The summed E-state index contributed by atoms with van der Waals surface area (Å²) in [6.45, 7) is 4.66. The first-order valence-corrected chi connectivity index (χ1v) is 8.41. The first kappa shape index (κ1) is 19.3. The third-order valence-corrected chi connectivity index (χ3v) is 4.81. The van der Waals surface area contributed by atoms with Gasteiger partial charge in [0.1, 0.15) is 22.5 Å². The van der Waals surface area contributed by atoms with E-state index >= 15 is 0 Å². The highest BCUT2D eigenvalue weighted by molar-refractivity contribution is 7.85. The Balaban J connectivity index is 2.85. The average molecular weight is 376 g/mol. The molecule has 0 amide bonds. The molecule has 2 aromatic rings. The number of benzene rings is 1. The molecule has 5 nitrogen and oxygen atoms in total. The summed E-state index contributed by atoms with van der Waals surface area (Å²) in [7, 11) is 0.568. The van der Waals surface area contributed by atoms with E-state index < -0.39 is 27.6 Å². The van der Waals surface area contributed by atoms with Crippen molar-refractivity contribution in [2.24, 2.45) is 4.40 Å². The first-order chi connectivity index (χ1) is 11.5. The molecule has 0 aliphatic rings. The Morgan fingerprint density at radius 3 is 2.24 bits per heavy atom. The van der Waals surface area contributed by atoms with Gasteiger partial charge in [-0.1, -0.05) is 0 Å². The molecule has 1 atom stereocenters. The fraction of sp³-hybridized carbons (Fsp3) is 0.438. The summed E-state index contributed by atoms with van der Waals surface area (Å²) >= 11 is 0. The number of ether oxygens (including phenoxy) is 2. The largest absolute Gasteiger partial charge is 0.496 e. The molecule has 1 N–H and O–H groups in total. The fourth-order valence-electron chi connectivity index (χ4n) is 2.20. The van der Waals surface area contributed by atoms with Crippen LogP contribution in [-0.4, -0.2) is 40.0 Å². The zero-order chi connectivity index (χ0) is 19.0. The summed E-state index contributed by atoms with van der Waals surface area (Å²) in [4.78, 5) is 2.76. The number of rotatable bonds is 4. The lowest BCUT2D eigenvalue weighted by Gasteiger charge is -2.19. The van der Waals surface area contributed by atoms with Crippen molar-refractivity contribution in [2.75, 3.05) is 14.2 Å². The van der Waals surface area contributed by atoms with Gasteiger partial charge < -0.3 is 14.5 Å². The van der Waals surface area contributed by atoms with Crippen LogP contribution < -0.4 is 9.47 Å². The van der Waals surface area contributed by atoms with Gasteiger partial charge in [-0.15, -0.1) is 0 Å². The van der Waals surface area contributed by atoms with Gasteiger partial charge in [0.05, 0.1) is 30.0 Å². The molecule has 0 saturated carbocycles. The van der Waals surface area contributed by atoms with Gasteiger partial charge in [0.2, 0.25) is 0 Å². The smallest absolute Gasteiger partial charge is 0.434 e. The van der Waals surface area contributed by atoms with E-state index in [1.54, 1.807) is 26.8 Å². The van der Waals surface area contributed by atoms with Gasteiger partial charge in [-0.25, -0.2) is 4.21 Å². The summed E-state index contributed by atoms with van der Waals surface area (Å²) in [5.41, 5.74) is -1.40. The van der Waals surface area contributed by atoms with Crippen LogP contribution in [0, 0.1) is 0 Å². The van der Waals surface area contributed by atoms with Crippen molar-refractivity contribution < 1.29 is 26.9 Å². The Hall–Kier alpha value is -2.03. The molecule has 1 aromatic carbocycles. The lowest BCUT2D eigenvalue weighted by atomic mass is 10.0. The van der Waals surface area contributed by atoms with Gasteiger partial charge in [-0.3, -0.25) is 0 Å². The minimum Gasteiger partial charge on any atom is -0.496 e. The van der Waals surface area contributed by atoms with Crippen molar-refractivity contribution in [3.8, 4) is 11.5 Å². The SMILES string of the molecule is COc1cc(OC)c2cc[nH]c2c1/C(=N/S(=O)C(C)(C)C)C(F)(F)F. The first-order valence-electron chi connectivity index (χ1n) is 7.31. The maximum absolute atomic E-state index is 13.7. The van der Waals surface area contributed by atoms with E-state index in [0.717, 1.165) is 0 Å². The van der Waals surface area contributed by atoms with Crippen LogP contribution in [0.15, 0.2) is 22.7 Å². The Morgan fingerprint density at radius 1 is 1.16 bits per heavy atom. The Morgan fingerprint density at radius 2 is 1.76 bits per heavy atom. The molecule has 1 aromatic heterocycles. The number of nitrogens with zero attached hydrogens (tertiary/aromatic N) is 1. The van der Waals surface area contributed by atoms with Crippen LogP contribution >= 0.6 is 0 Å². The number of hydrogen-bond acceptors (Lipinski definition) is 3. The molecule has 9 heteroatoms. The second-order valence-electron chi connectivity index (χ2n) is 6.22. The molecule has 138 valence electrons. The van der Waals surface area contributed by atoms with Gasteiger partial charge >= 0.3 is 6.18 Å². The maximum Gasteiger partial charge on any atom is 0.434 e. The summed E-state index contributed by atoms with van der Waals surface area (Å²) in [5, 5.41) is 0.441. The number of nitrogens with one attached hydrogen (secondary N) is 1. The fourth-order valence-corrected chi connectivity index (χ4v) is 2.83. The highest BCUT2D eigenvalue weighted by atomic mass is 32.2. The van der Waals surface area contributed by atoms with Crippen molar-refractivity contribution in [1.29, 1.82) is 0 Å². The van der Waals surface area contributed by atoms with E-state index in [4.69, 9.17) is 9.47 Å². The molecule has 1 unspecified atom stereocenters. The molecule has 0 aliphatic heterocycles. The number of aromatic nitrogens is 1. The molecule has 2 rings (SSSR count). The Bertz CT molecular complexity index is 835. The Kier molecular flexibility index (Phi) is 5.17. The predicted octanol–water partition coefficient (Wildman–Crippen LogP) is 4.00. The van der Waals surface area contributed by atoms with E-state index in [9.17, 15) is 17.4 Å². The highest BCUT2D eigenvalue weighted by Gasteiger charge is 2.41. The minimum atomic E-state index is -4.82. The maximum atomic E-state index is 13.7. The van der Waals surface area contributed by atoms with Crippen molar-refractivity contribution in [2.45, 2.75) is 31.7 Å². The third kappa shape index (κ3) is 3.81. The van der Waals surface area contributed by atoms with Gasteiger partial charge in [0.15, 0.2) is 5.71 Å². The molecule has 0 spiro atoms. The number of fused-ring (bicyclic) bond motifs is 1. The molecule has 0 saturated heterocycles. The molecule has 0 aliphatic carbocycles. The van der Waals surface area contributed by atoms with Crippen LogP contribution in [0.4, 0.5) is 13.2 Å². The number of alkyl halides is 3. The topological polar surface area (TPSA) is 63.7 Å². The predicted molar refractivity (Wildman–Crippen MR) is 91.9 cm³/mol.